The highest BCUT2D eigenvalue weighted by atomic mass is 32.2. The van der Waals surface area contributed by atoms with Crippen molar-refractivity contribution in [3.05, 3.63) is 82.4 Å². The number of hydrogen-bond donors (Lipinski definition) is 4. The normalized spacial score (nSPS) is 16.8. The number of rotatable bonds is 10. The van der Waals surface area contributed by atoms with Crippen molar-refractivity contribution in [2.75, 3.05) is 5.73 Å². The topological polar surface area (TPSA) is 143 Å². The van der Waals surface area contributed by atoms with Crippen molar-refractivity contribution in [1.29, 1.82) is 0 Å². The molecule has 2 aromatic carbocycles. The van der Waals surface area contributed by atoms with Crippen molar-refractivity contribution < 1.29 is 18.0 Å². The van der Waals surface area contributed by atoms with Crippen LogP contribution in [-0.4, -0.2) is 43.3 Å². The third-order valence-electron chi connectivity index (χ3n) is 6.18. The Balaban J connectivity index is 1.40. The van der Waals surface area contributed by atoms with Crippen LogP contribution in [-0.2, 0) is 44.6 Å². The lowest BCUT2D eigenvalue weighted by molar-refractivity contribution is -0.129. The zero-order valence-electron chi connectivity index (χ0n) is 20.5. The largest absolute Gasteiger partial charge is 0.375 e. The number of aromatic nitrogens is 1. The van der Waals surface area contributed by atoms with Gasteiger partial charge in [0.2, 0.25) is 21.8 Å². The number of hydrogen-bond acceptors (Lipinski definition) is 7. The molecule has 0 spiro atoms. The van der Waals surface area contributed by atoms with E-state index in [0.717, 1.165) is 29.0 Å². The molecule has 0 fully saturated rings. The molecule has 11 heteroatoms. The molecule has 3 unspecified atom stereocenters. The molecule has 4 rings (SSSR count). The fraction of sp³-hybridized carbons (Fsp3) is 0.346. The predicted octanol–water partition coefficient (Wildman–Crippen LogP) is 1.93. The Kier molecular flexibility index (Phi) is 8.57. The Morgan fingerprint density at radius 3 is 2.38 bits per heavy atom. The van der Waals surface area contributed by atoms with E-state index < -0.39 is 28.0 Å². The van der Waals surface area contributed by atoms with Crippen LogP contribution in [0.5, 0.6) is 0 Å². The van der Waals surface area contributed by atoms with E-state index in [9.17, 15) is 18.0 Å². The first-order valence-electron chi connectivity index (χ1n) is 12.1. The molecule has 196 valence electrons. The number of amides is 2. The number of nitrogens with zero attached hydrogens (tertiary/aromatic N) is 1. The van der Waals surface area contributed by atoms with Gasteiger partial charge in [-0.1, -0.05) is 60.7 Å². The second-order valence-corrected chi connectivity index (χ2v) is 12.1. The zero-order valence-corrected chi connectivity index (χ0v) is 22.1. The summed E-state index contributed by atoms with van der Waals surface area (Å²) in [6.07, 6.45) is 2.26. The number of benzene rings is 2. The van der Waals surface area contributed by atoms with Gasteiger partial charge in [-0.2, -0.15) is 0 Å². The zero-order chi connectivity index (χ0) is 26.4. The first-order valence-corrected chi connectivity index (χ1v) is 14.6. The molecule has 0 aliphatic heterocycles. The van der Waals surface area contributed by atoms with Gasteiger partial charge in [-0.05, 0) is 37.3 Å². The van der Waals surface area contributed by atoms with Gasteiger partial charge in [-0.15, -0.1) is 11.3 Å². The van der Waals surface area contributed by atoms with Gasteiger partial charge in [0, 0.05) is 17.3 Å². The Labute approximate surface area is 220 Å². The number of nitrogens with two attached hydrogens (primary N) is 1. The van der Waals surface area contributed by atoms with Gasteiger partial charge < -0.3 is 16.4 Å². The molecule has 3 aromatic rings. The summed E-state index contributed by atoms with van der Waals surface area (Å²) in [5.41, 5.74) is 8.20. The molecule has 1 aromatic heterocycles. The number of aryl methyl sites for hydroxylation is 1. The fourth-order valence-electron chi connectivity index (χ4n) is 4.31. The Hall–Kier alpha value is -3.28. The van der Waals surface area contributed by atoms with Gasteiger partial charge in [-0.25, -0.2) is 18.1 Å². The molecule has 5 N–H and O–H groups in total. The molecule has 0 saturated carbocycles. The van der Waals surface area contributed by atoms with E-state index in [1.54, 1.807) is 37.3 Å². The highest BCUT2D eigenvalue weighted by Crippen LogP contribution is 2.28. The van der Waals surface area contributed by atoms with E-state index in [-0.39, 0.29) is 24.1 Å². The summed E-state index contributed by atoms with van der Waals surface area (Å²) < 4.78 is 28.4. The minimum Gasteiger partial charge on any atom is -0.375 e. The maximum absolute atomic E-state index is 13.2. The third-order valence-corrected chi connectivity index (χ3v) is 8.48. The van der Waals surface area contributed by atoms with Crippen LogP contribution in [0.1, 0.15) is 35.0 Å². The molecule has 1 aliphatic carbocycles. The SMILES string of the molecule is CC(NC(=O)C(Cc1ccccc1)NS(=O)(=O)Cc1ccccc1)C(=O)NC1CCc2nc(N)sc2C1. The lowest BCUT2D eigenvalue weighted by Gasteiger charge is -2.25. The van der Waals surface area contributed by atoms with Gasteiger partial charge in [0.25, 0.3) is 0 Å². The lowest BCUT2D eigenvalue weighted by Crippen LogP contribution is -2.54. The minimum absolute atomic E-state index is 0.0799. The quantitative estimate of drug-likeness (QED) is 0.309. The van der Waals surface area contributed by atoms with E-state index >= 15 is 0 Å². The minimum atomic E-state index is -3.83. The summed E-state index contributed by atoms with van der Waals surface area (Å²) in [6.45, 7) is 1.59. The number of thiazole rings is 1. The number of sulfonamides is 1. The number of nitrogen functional groups attached to an aromatic ring is 1. The van der Waals surface area contributed by atoms with Crippen LogP contribution in [0.2, 0.25) is 0 Å². The van der Waals surface area contributed by atoms with Gasteiger partial charge in [0.1, 0.15) is 12.1 Å². The smallest absolute Gasteiger partial charge is 0.242 e. The predicted molar refractivity (Wildman–Crippen MR) is 144 cm³/mol. The molecule has 37 heavy (non-hydrogen) atoms. The first kappa shape index (κ1) is 26.8. The van der Waals surface area contributed by atoms with Gasteiger partial charge >= 0.3 is 0 Å². The van der Waals surface area contributed by atoms with Crippen LogP contribution in [0.3, 0.4) is 0 Å². The molecule has 1 aliphatic rings. The van der Waals surface area contributed by atoms with Crippen LogP contribution in [0.15, 0.2) is 60.7 Å². The Bertz CT molecular complexity index is 1330. The van der Waals surface area contributed by atoms with E-state index in [0.29, 0.717) is 17.1 Å². The van der Waals surface area contributed by atoms with Crippen molar-refractivity contribution >= 4 is 38.3 Å². The summed E-state index contributed by atoms with van der Waals surface area (Å²) in [5, 5.41) is 6.21. The summed E-state index contributed by atoms with van der Waals surface area (Å²) in [5.74, 6) is -1.15. The molecule has 1 heterocycles. The molecule has 0 radical (unpaired) electrons. The average molecular weight is 542 g/mol. The van der Waals surface area contributed by atoms with Crippen LogP contribution in [0.25, 0.3) is 0 Å². The van der Waals surface area contributed by atoms with E-state index in [1.807, 2.05) is 30.3 Å². The molecule has 0 saturated heterocycles. The maximum Gasteiger partial charge on any atom is 0.242 e. The lowest BCUT2D eigenvalue weighted by atomic mass is 9.97. The van der Waals surface area contributed by atoms with E-state index in [1.165, 1.54) is 11.3 Å². The molecular weight excluding hydrogens is 510 g/mol. The van der Waals surface area contributed by atoms with Crippen molar-refractivity contribution in [2.45, 2.75) is 56.5 Å². The van der Waals surface area contributed by atoms with Crippen LogP contribution >= 0.6 is 11.3 Å². The standard InChI is InChI=1S/C26H31N5O4S2/c1-17(24(32)29-20-12-13-21-23(15-20)36-26(27)30-21)28-25(33)22(14-18-8-4-2-5-9-18)31-37(34,35)16-19-10-6-3-7-11-19/h2-11,17,20,22,31H,12-16H2,1H3,(H2,27,30)(H,28,33)(H,29,32). The Morgan fingerprint density at radius 2 is 1.70 bits per heavy atom. The summed E-state index contributed by atoms with van der Waals surface area (Å²) in [7, 11) is -3.83. The third kappa shape index (κ3) is 7.61. The van der Waals surface area contributed by atoms with Crippen molar-refractivity contribution in [1.82, 2.24) is 20.3 Å². The summed E-state index contributed by atoms with van der Waals surface area (Å²) in [4.78, 5) is 31.5. The molecular formula is C26H31N5O4S2. The van der Waals surface area contributed by atoms with Crippen LogP contribution in [0.4, 0.5) is 5.13 Å². The maximum atomic E-state index is 13.2. The van der Waals surface area contributed by atoms with Crippen molar-refractivity contribution in [3.63, 3.8) is 0 Å². The van der Waals surface area contributed by atoms with Gasteiger partial charge in [0.05, 0.1) is 11.4 Å². The van der Waals surface area contributed by atoms with E-state index in [2.05, 4.69) is 20.3 Å². The number of anilines is 1. The molecule has 9 nitrogen and oxygen atoms in total. The fourth-order valence-corrected chi connectivity index (χ4v) is 6.61. The number of fused-ring (bicyclic) bond motifs is 1. The van der Waals surface area contributed by atoms with Crippen molar-refractivity contribution in [3.8, 4) is 0 Å². The van der Waals surface area contributed by atoms with E-state index in [4.69, 9.17) is 5.73 Å². The summed E-state index contributed by atoms with van der Waals surface area (Å²) >= 11 is 1.43. The second kappa shape index (κ2) is 11.8. The van der Waals surface area contributed by atoms with Crippen LogP contribution < -0.4 is 21.1 Å². The Morgan fingerprint density at radius 1 is 1.05 bits per heavy atom. The number of carbonyl (C=O) groups is 2. The van der Waals surface area contributed by atoms with Gasteiger partial charge in [-0.3, -0.25) is 9.59 Å². The molecule has 3 atom stereocenters. The monoisotopic (exact) mass is 541 g/mol. The number of nitrogens with one attached hydrogen (secondary N) is 3. The van der Waals surface area contributed by atoms with Gasteiger partial charge in [0.15, 0.2) is 5.13 Å². The average Bonchev–Trinajstić information content (AvgIpc) is 3.23. The number of carbonyl (C=O) groups excluding carboxylic acids is 2. The first-order chi connectivity index (χ1) is 17.7. The van der Waals surface area contributed by atoms with Crippen LogP contribution in [0, 0.1) is 0 Å². The summed E-state index contributed by atoms with van der Waals surface area (Å²) in [6, 6.07) is 15.9. The van der Waals surface area contributed by atoms with Crippen molar-refractivity contribution in [2.24, 2.45) is 0 Å². The highest BCUT2D eigenvalue weighted by molar-refractivity contribution is 7.88. The highest BCUT2D eigenvalue weighted by Gasteiger charge is 2.29. The second-order valence-electron chi connectivity index (χ2n) is 9.21. The molecule has 2 amide bonds. The molecule has 0 bridgehead atoms.